The highest BCUT2D eigenvalue weighted by Gasteiger charge is 2.69. The Morgan fingerprint density at radius 1 is 0.879 bits per heavy atom. The summed E-state index contributed by atoms with van der Waals surface area (Å²) in [6, 6.07) is 18.3. The van der Waals surface area contributed by atoms with Crippen LogP contribution in [0, 0.1) is 0 Å². The lowest BCUT2D eigenvalue weighted by Crippen LogP contribution is -2.44. The van der Waals surface area contributed by atoms with Gasteiger partial charge >= 0.3 is 0 Å². The number of likely N-dealkylation sites (N-methyl/N-ethyl adjacent to an activating group) is 1. The average molecular weight is 445 g/mol. The molecule has 1 N–H and O–H groups in total. The summed E-state index contributed by atoms with van der Waals surface area (Å²) in [5.74, 6) is 0.283. The Morgan fingerprint density at radius 2 is 1.61 bits per heavy atom. The predicted molar refractivity (Wildman–Crippen MR) is 135 cm³/mol. The molecule has 4 fully saturated rings. The summed E-state index contributed by atoms with van der Waals surface area (Å²) in [6.07, 6.45) is 9.72. The molecule has 4 aliphatic rings. The largest absolute Gasteiger partial charge is 0.382 e. The van der Waals surface area contributed by atoms with Crippen molar-refractivity contribution in [3.8, 4) is 0 Å². The summed E-state index contributed by atoms with van der Waals surface area (Å²) in [4.78, 5) is 20.5. The molecular formula is C28H36N4O. The summed E-state index contributed by atoms with van der Waals surface area (Å²) in [5, 5.41) is 3.70. The van der Waals surface area contributed by atoms with Gasteiger partial charge in [-0.3, -0.25) is 14.6 Å². The van der Waals surface area contributed by atoms with Crippen LogP contribution in [0.3, 0.4) is 0 Å². The minimum Gasteiger partial charge on any atom is -0.382 e. The summed E-state index contributed by atoms with van der Waals surface area (Å²) < 4.78 is 0. The molecule has 2 unspecified atom stereocenters. The third-order valence-electron chi connectivity index (χ3n) is 8.40. The molecule has 0 radical (unpaired) electrons. The minimum atomic E-state index is -0.434. The summed E-state index contributed by atoms with van der Waals surface area (Å²) in [6.45, 7) is 3.27. The molecule has 3 aliphatic heterocycles. The van der Waals surface area contributed by atoms with Crippen LogP contribution < -0.4 is 15.1 Å². The van der Waals surface area contributed by atoms with E-state index in [4.69, 9.17) is 0 Å². The van der Waals surface area contributed by atoms with Crippen molar-refractivity contribution in [3.05, 3.63) is 54.1 Å². The molecule has 1 aliphatic carbocycles. The van der Waals surface area contributed by atoms with Gasteiger partial charge in [-0.2, -0.15) is 0 Å². The number of piperidine rings is 1. The molecule has 1 spiro atoms. The van der Waals surface area contributed by atoms with Gasteiger partial charge in [-0.05, 0) is 88.0 Å². The lowest BCUT2D eigenvalue weighted by molar-refractivity contribution is -0.113. The van der Waals surface area contributed by atoms with Gasteiger partial charge in [-0.15, -0.1) is 0 Å². The molecule has 3 saturated heterocycles. The van der Waals surface area contributed by atoms with Crippen LogP contribution in [-0.2, 0) is 4.79 Å². The van der Waals surface area contributed by atoms with Crippen LogP contribution in [0.2, 0.25) is 0 Å². The number of likely N-dealkylation sites (tertiary alicyclic amines) is 1. The normalized spacial score (nSPS) is 28.2. The van der Waals surface area contributed by atoms with Crippen LogP contribution in [0.1, 0.15) is 63.0 Å². The first-order chi connectivity index (χ1) is 16.2. The second kappa shape index (κ2) is 8.35. The van der Waals surface area contributed by atoms with Gasteiger partial charge < -0.3 is 10.2 Å². The molecule has 2 aromatic rings. The Bertz CT molecular complexity index is 1010. The Hall–Kier alpha value is -2.53. The monoisotopic (exact) mass is 444 g/mol. The first-order valence-corrected chi connectivity index (χ1v) is 12.9. The van der Waals surface area contributed by atoms with Crippen molar-refractivity contribution in [1.29, 1.82) is 0 Å². The number of nitrogens with zero attached hydrogens (tertiary/aromatic N) is 3. The first kappa shape index (κ1) is 21.0. The summed E-state index contributed by atoms with van der Waals surface area (Å²) in [7, 11) is 2.18. The number of carbonyl (C=O) groups is 1. The fourth-order valence-corrected chi connectivity index (χ4v) is 6.71. The van der Waals surface area contributed by atoms with Gasteiger partial charge in [0, 0.05) is 36.2 Å². The number of hydrogen-bond donors (Lipinski definition) is 1. The van der Waals surface area contributed by atoms with E-state index in [9.17, 15) is 4.79 Å². The topological polar surface area (TPSA) is 38.6 Å². The van der Waals surface area contributed by atoms with Gasteiger partial charge in [0.25, 0.3) is 5.91 Å². The Morgan fingerprint density at radius 3 is 2.36 bits per heavy atom. The fraction of sp³-hybridized carbons (Fsp3) is 0.536. The number of amides is 1. The number of rotatable bonds is 5. The standard InChI is InChI=1S/C28H36N4O/c1-30-17-7-16-28(26(30)21-12-14-23(15-13-21)29-22-8-2-3-9-22)27(33)32(28)25-11-6-10-24(20-25)31-18-4-5-19-31/h6,10-15,20,22,26,29H,2-5,7-9,16-19H2,1H3. The maximum absolute atomic E-state index is 13.5. The van der Waals surface area contributed by atoms with Crippen molar-refractivity contribution < 1.29 is 4.79 Å². The van der Waals surface area contributed by atoms with Crippen LogP contribution >= 0.6 is 0 Å². The van der Waals surface area contributed by atoms with Crippen LogP contribution in [-0.4, -0.2) is 49.1 Å². The van der Waals surface area contributed by atoms with E-state index >= 15 is 0 Å². The van der Waals surface area contributed by atoms with Crippen molar-refractivity contribution in [3.63, 3.8) is 0 Å². The number of benzene rings is 2. The maximum Gasteiger partial charge on any atom is 0.256 e. The summed E-state index contributed by atoms with van der Waals surface area (Å²) >= 11 is 0. The third kappa shape index (κ3) is 3.61. The van der Waals surface area contributed by atoms with Crippen LogP contribution in [0.5, 0.6) is 0 Å². The zero-order valence-electron chi connectivity index (χ0n) is 19.8. The maximum atomic E-state index is 13.5. The Labute approximate surface area is 197 Å². The zero-order chi connectivity index (χ0) is 22.4. The molecule has 1 amide bonds. The van der Waals surface area contributed by atoms with Gasteiger partial charge in [-0.25, -0.2) is 0 Å². The van der Waals surface area contributed by atoms with Gasteiger partial charge in [0.2, 0.25) is 0 Å². The number of nitrogens with one attached hydrogen (secondary N) is 1. The number of anilines is 3. The Kier molecular flexibility index (Phi) is 5.33. The first-order valence-electron chi connectivity index (χ1n) is 12.9. The van der Waals surface area contributed by atoms with E-state index in [2.05, 4.69) is 75.6 Å². The molecular weight excluding hydrogens is 408 g/mol. The van der Waals surface area contributed by atoms with Gasteiger partial charge in [-0.1, -0.05) is 31.0 Å². The van der Waals surface area contributed by atoms with Crippen LogP contribution in [0.15, 0.2) is 48.5 Å². The van der Waals surface area contributed by atoms with Crippen molar-refractivity contribution in [2.75, 3.05) is 41.8 Å². The summed E-state index contributed by atoms with van der Waals surface area (Å²) in [5.41, 5.74) is 4.33. The molecule has 33 heavy (non-hydrogen) atoms. The fourth-order valence-electron chi connectivity index (χ4n) is 6.71. The average Bonchev–Trinajstić information content (AvgIpc) is 3.32. The van der Waals surface area contributed by atoms with Crippen molar-refractivity contribution >= 4 is 23.0 Å². The van der Waals surface area contributed by atoms with Crippen LogP contribution in [0.4, 0.5) is 17.1 Å². The second-order valence-corrected chi connectivity index (χ2v) is 10.5. The van der Waals surface area contributed by atoms with Gasteiger partial charge in [0.15, 0.2) is 0 Å². The smallest absolute Gasteiger partial charge is 0.256 e. The van der Waals surface area contributed by atoms with E-state index in [1.54, 1.807) is 0 Å². The van der Waals surface area contributed by atoms with E-state index < -0.39 is 5.54 Å². The zero-order valence-corrected chi connectivity index (χ0v) is 19.8. The molecule has 2 atom stereocenters. The molecule has 0 bridgehead atoms. The highest BCUT2D eigenvalue weighted by atomic mass is 16.2. The van der Waals surface area contributed by atoms with E-state index in [-0.39, 0.29) is 11.9 Å². The highest BCUT2D eigenvalue weighted by molar-refractivity contribution is 6.21. The van der Waals surface area contributed by atoms with E-state index in [0.29, 0.717) is 6.04 Å². The van der Waals surface area contributed by atoms with E-state index in [0.717, 1.165) is 38.2 Å². The quantitative estimate of drug-likeness (QED) is 0.644. The second-order valence-electron chi connectivity index (χ2n) is 10.5. The molecule has 0 aromatic heterocycles. The van der Waals surface area contributed by atoms with E-state index in [1.165, 1.54) is 55.5 Å². The van der Waals surface area contributed by atoms with Gasteiger partial charge in [0.1, 0.15) is 5.54 Å². The molecule has 5 nitrogen and oxygen atoms in total. The number of carbonyl (C=O) groups excluding carboxylic acids is 1. The molecule has 5 heteroatoms. The third-order valence-corrected chi connectivity index (χ3v) is 8.40. The molecule has 2 aromatic carbocycles. The number of hydrogen-bond acceptors (Lipinski definition) is 4. The van der Waals surface area contributed by atoms with Crippen molar-refractivity contribution in [2.24, 2.45) is 0 Å². The molecule has 1 saturated carbocycles. The van der Waals surface area contributed by atoms with Crippen molar-refractivity contribution in [1.82, 2.24) is 4.90 Å². The van der Waals surface area contributed by atoms with Crippen molar-refractivity contribution in [2.45, 2.75) is 69.0 Å². The predicted octanol–water partition coefficient (Wildman–Crippen LogP) is 5.19. The van der Waals surface area contributed by atoms with E-state index in [1.807, 2.05) is 0 Å². The van der Waals surface area contributed by atoms with Crippen LogP contribution in [0.25, 0.3) is 0 Å². The SMILES string of the molecule is CN1CCCC2(C(=O)N2c2cccc(N3CCCC3)c2)C1c1ccc(NC2CCCC2)cc1. The molecule has 174 valence electrons. The highest BCUT2D eigenvalue weighted by Crippen LogP contribution is 2.55. The lowest BCUT2D eigenvalue weighted by atomic mass is 9.83. The van der Waals surface area contributed by atoms with Gasteiger partial charge in [0.05, 0.1) is 6.04 Å². The molecule has 6 rings (SSSR count). The molecule has 3 heterocycles. The minimum absolute atomic E-state index is 0.0923. The Balaban J connectivity index is 1.27. The lowest BCUT2D eigenvalue weighted by Gasteiger charge is -2.39.